The summed E-state index contributed by atoms with van der Waals surface area (Å²) < 4.78 is 5.48. The van der Waals surface area contributed by atoms with E-state index < -0.39 is 17.9 Å². The highest BCUT2D eigenvalue weighted by atomic mass is 16.5. The molecular weight excluding hydrogens is 246 g/mol. The van der Waals surface area contributed by atoms with Gasteiger partial charge in [0.25, 0.3) is 11.8 Å². The summed E-state index contributed by atoms with van der Waals surface area (Å²) >= 11 is 0. The molecule has 1 heterocycles. The largest absolute Gasteiger partial charge is 0.486 e. The Morgan fingerprint density at radius 3 is 2.89 bits per heavy atom. The number of aryl methyl sites for hydroxylation is 1. The van der Waals surface area contributed by atoms with E-state index in [0.29, 0.717) is 5.75 Å². The van der Waals surface area contributed by atoms with Gasteiger partial charge in [-0.2, -0.15) is 4.99 Å². The van der Waals surface area contributed by atoms with Crippen molar-refractivity contribution >= 4 is 17.6 Å². The first-order chi connectivity index (χ1) is 9.10. The summed E-state index contributed by atoms with van der Waals surface area (Å²) in [6, 6.07) is 6.37. The van der Waals surface area contributed by atoms with Gasteiger partial charge in [-0.15, -0.1) is 0 Å². The first kappa shape index (κ1) is 13.2. The Labute approximate surface area is 110 Å². The van der Waals surface area contributed by atoms with Gasteiger partial charge in [-0.25, -0.2) is 0 Å². The molecule has 100 valence electrons. The fourth-order valence-corrected chi connectivity index (χ4v) is 1.64. The zero-order valence-corrected chi connectivity index (χ0v) is 10.6. The number of nitrogens with two attached hydrogens (primary N) is 1. The molecule has 2 rings (SSSR count). The molecule has 0 spiro atoms. The second-order valence-electron chi connectivity index (χ2n) is 4.15. The van der Waals surface area contributed by atoms with E-state index in [1.54, 1.807) is 6.07 Å². The van der Waals surface area contributed by atoms with E-state index in [-0.39, 0.29) is 12.4 Å². The van der Waals surface area contributed by atoms with Crippen molar-refractivity contribution in [3.05, 3.63) is 29.8 Å². The predicted octanol–water partition coefficient (Wildman–Crippen LogP) is 0.01000. The number of amidine groups is 1. The Morgan fingerprint density at radius 2 is 2.21 bits per heavy atom. The van der Waals surface area contributed by atoms with Gasteiger partial charge in [-0.05, 0) is 24.1 Å². The minimum Gasteiger partial charge on any atom is -0.486 e. The molecule has 3 N–H and O–H groups in total. The van der Waals surface area contributed by atoms with Gasteiger partial charge in [0.05, 0.1) is 0 Å². The molecule has 0 aromatic heterocycles. The van der Waals surface area contributed by atoms with Crippen LogP contribution in [-0.2, 0) is 16.0 Å². The molecule has 0 saturated carbocycles. The van der Waals surface area contributed by atoms with Crippen molar-refractivity contribution in [3.63, 3.8) is 0 Å². The summed E-state index contributed by atoms with van der Waals surface area (Å²) in [5.74, 6) is -0.359. The van der Waals surface area contributed by atoms with E-state index in [9.17, 15) is 9.59 Å². The van der Waals surface area contributed by atoms with Crippen molar-refractivity contribution in [1.29, 1.82) is 0 Å². The third-order valence-electron chi connectivity index (χ3n) is 2.74. The number of hydrogen-bond acceptors (Lipinski definition) is 4. The highest BCUT2D eigenvalue weighted by molar-refractivity contribution is 6.18. The highest BCUT2D eigenvalue weighted by Crippen LogP contribution is 2.13. The summed E-state index contributed by atoms with van der Waals surface area (Å²) in [7, 11) is 0. The SMILES string of the molecule is CCc1cccc(OCC2=NC(=O)C(N)C(=O)N2)c1. The first-order valence-corrected chi connectivity index (χ1v) is 5.99. The summed E-state index contributed by atoms with van der Waals surface area (Å²) in [6.45, 7) is 2.07. The van der Waals surface area contributed by atoms with Crippen LogP contribution in [0.1, 0.15) is 12.5 Å². The van der Waals surface area contributed by atoms with Crippen LogP contribution in [0.5, 0.6) is 5.75 Å². The Bertz CT molecular complexity index is 540. The van der Waals surface area contributed by atoms with Crippen molar-refractivity contribution in [3.8, 4) is 5.75 Å². The van der Waals surface area contributed by atoms with Gasteiger partial charge in [0.15, 0.2) is 11.9 Å². The average molecular weight is 261 g/mol. The number of nitrogens with zero attached hydrogens (tertiary/aromatic N) is 1. The molecule has 0 fully saturated rings. The van der Waals surface area contributed by atoms with E-state index in [4.69, 9.17) is 10.5 Å². The van der Waals surface area contributed by atoms with Crippen molar-refractivity contribution in [1.82, 2.24) is 5.32 Å². The van der Waals surface area contributed by atoms with Crippen LogP contribution in [0.2, 0.25) is 0 Å². The topological polar surface area (TPSA) is 93.8 Å². The van der Waals surface area contributed by atoms with E-state index in [2.05, 4.69) is 10.3 Å². The van der Waals surface area contributed by atoms with E-state index in [1.807, 2.05) is 25.1 Å². The second kappa shape index (κ2) is 5.62. The molecule has 0 radical (unpaired) electrons. The lowest BCUT2D eigenvalue weighted by Gasteiger charge is -2.17. The summed E-state index contributed by atoms with van der Waals surface area (Å²) in [5.41, 5.74) is 6.46. The van der Waals surface area contributed by atoms with Gasteiger partial charge in [-0.1, -0.05) is 19.1 Å². The van der Waals surface area contributed by atoms with Gasteiger partial charge < -0.3 is 15.8 Å². The molecule has 0 aliphatic carbocycles. The van der Waals surface area contributed by atoms with Crippen LogP contribution in [0.15, 0.2) is 29.3 Å². The van der Waals surface area contributed by atoms with Gasteiger partial charge >= 0.3 is 0 Å². The normalized spacial score (nSPS) is 18.8. The first-order valence-electron chi connectivity index (χ1n) is 5.99. The fraction of sp³-hybridized carbons (Fsp3) is 0.308. The van der Waals surface area contributed by atoms with Crippen LogP contribution in [0.3, 0.4) is 0 Å². The molecule has 1 aromatic rings. The number of rotatable bonds is 4. The number of ether oxygens (including phenoxy) is 1. The van der Waals surface area contributed by atoms with Gasteiger partial charge in [-0.3, -0.25) is 9.59 Å². The number of hydrogen-bond donors (Lipinski definition) is 2. The molecule has 6 nitrogen and oxygen atoms in total. The number of benzene rings is 1. The lowest BCUT2D eigenvalue weighted by molar-refractivity contribution is -0.129. The van der Waals surface area contributed by atoms with Crippen LogP contribution < -0.4 is 15.8 Å². The quantitative estimate of drug-likeness (QED) is 0.746. The van der Waals surface area contributed by atoms with Crippen LogP contribution in [0.25, 0.3) is 0 Å². The third kappa shape index (κ3) is 3.17. The Balaban J connectivity index is 2.01. The molecule has 1 aliphatic rings. The minimum atomic E-state index is -1.22. The summed E-state index contributed by atoms with van der Waals surface area (Å²) in [4.78, 5) is 26.3. The molecule has 1 aliphatic heterocycles. The van der Waals surface area contributed by atoms with Crippen LogP contribution >= 0.6 is 0 Å². The molecule has 1 atom stereocenters. The van der Waals surface area contributed by atoms with Crippen LogP contribution in [0, 0.1) is 0 Å². The monoisotopic (exact) mass is 261 g/mol. The van der Waals surface area contributed by atoms with Crippen molar-refractivity contribution < 1.29 is 14.3 Å². The number of carbonyl (C=O) groups excluding carboxylic acids is 2. The minimum absolute atomic E-state index is 0.0252. The van der Waals surface area contributed by atoms with Gasteiger partial charge in [0.2, 0.25) is 0 Å². The van der Waals surface area contributed by atoms with Crippen molar-refractivity contribution in [2.24, 2.45) is 10.7 Å². The molecule has 6 heteroatoms. The lowest BCUT2D eigenvalue weighted by Crippen LogP contribution is -2.53. The maximum absolute atomic E-state index is 11.3. The zero-order valence-electron chi connectivity index (χ0n) is 10.6. The number of carbonyl (C=O) groups is 2. The van der Waals surface area contributed by atoms with Crippen LogP contribution in [-0.4, -0.2) is 30.3 Å². The lowest BCUT2D eigenvalue weighted by atomic mass is 10.2. The van der Waals surface area contributed by atoms with Crippen molar-refractivity contribution in [2.45, 2.75) is 19.4 Å². The second-order valence-corrected chi connectivity index (χ2v) is 4.15. The van der Waals surface area contributed by atoms with Gasteiger partial charge in [0.1, 0.15) is 12.4 Å². The Morgan fingerprint density at radius 1 is 1.42 bits per heavy atom. The molecule has 1 aromatic carbocycles. The predicted molar refractivity (Wildman–Crippen MR) is 69.9 cm³/mol. The smallest absolute Gasteiger partial charge is 0.274 e. The number of nitrogens with one attached hydrogen (secondary N) is 1. The molecule has 2 amide bonds. The fourth-order valence-electron chi connectivity index (χ4n) is 1.64. The van der Waals surface area contributed by atoms with Crippen molar-refractivity contribution in [2.75, 3.05) is 6.61 Å². The van der Waals surface area contributed by atoms with Crippen LogP contribution in [0.4, 0.5) is 0 Å². The summed E-state index contributed by atoms with van der Waals surface area (Å²) in [6.07, 6.45) is 0.905. The van der Waals surface area contributed by atoms with E-state index in [1.165, 1.54) is 0 Å². The van der Waals surface area contributed by atoms with Gasteiger partial charge in [0, 0.05) is 0 Å². The number of aliphatic imine (C=N–C) groups is 1. The Hall–Kier alpha value is -2.21. The van der Waals surface area contributed by atoms with E-state index >= 15 is 0 Å². The number of amides is 2. The molecule has 0 bridgehead atoms. The summed E-state index contributed by atoms with van der Waals surface area (Å²) in [5, 5.41) is 2.44. The molecule has 1 unspecified atom stereocenters. The maximum Gasteiger partial charge on any atom is 0.274 e. The Kier molecular flexibility index (Phi) is 3.91. The van der Waals surface area contributed by atoms with E-state index in [0.717, 1.165) is 12.0 Å². The average Bonchev–Trinajstić information content (AvgIpc) is 2.42. The molecule has 19 heavy (non-hydrogen) atoms. The third-order valence-corrected chi connectivity index (χ3v) is 2.74. The zero-order chi connectivity index (χ0) is 13.8. The standard InChI is InChI=1S/C13H15N3O3/c1-2-8-4-3-5-9(6-8)19-7-10-15-12(17)11(14)13(18)16-10/h3-6,11H,2,7,14H2,1H3,(H,15,16,17,18). The molecule has 0 saturated heterocycles. The highest BCUT2D eigenvalue weighted by Gasteiger charge is 2.28. The maximum atomic E-state index is 11.3. The molecular formula is C13H15N3O3.